The van der Waals surface area contributed by atoms with E-state index in [2.05, 4.69) is 0 Å². The molecule has 0 aliphatic heterocycles. The van der Waals surface area contributed by atoms with E-state index in [-0.39, 0.29) is 15.6 Å². The van der Waals surface area contributed by atoms with Gasteiger partial charge in [-0.3, -0.25) is 9.69 Å². The topological polar surface area (TPSA) is 60.8 Å². The molecule has 1 aromatic rings. The van der Waals surface area contributed by atoms with Crippen molar-refractivity contribution >= 4 is 29.2 Å². The van der Waals surface area contributed by atoms with Crippen LogP contribution in [-0.4, -0.2) is 40.3 Å². The van der Waals surface area contributed by atoms with E-state index < -0.39 is 37.5 Å². The maximum Gasteiger partial charge on any atom is 0.401 e. The van der Waals surface area contributed by atoms with Crippen molar-refractivity contribution in [1.29, 1.82) is 0 Å². The van der Waals surface area contributed by atoms with E-state index >= 15 is 0 Å². The van der Waals surface area contributed by atoms with Gasteiger partial charge in [-0.1, -0.05) is 23.2 Å². The lowest BCUT2D eigenvalue weighted by atomic mass is 10.2. The van der Waals surface area contributed by atoms with Crippen molar-refractivity contribution in [2.24, 2.45) is 0 Å². The summed E-state index contributed by atoms with van der Waals surface area (Å²) in [5.74, 6) is -1.84. The average Bonchev–Trinajstić information content (AvgIpc) is 2.21. The molecule has 2 N–H and O–H groups in total. The molecular weight excluding hydrogens is 322 g/mol. The molecule has 0 radical (unpaired) electrons. The van der Waals surface area contributed by atoms with Crippen molar-refractivity contribution < 1.29 is 28.2 Å². The van der Waals surface area contributed by atoms with Gasteiger partial charge in [-0.05, 0) is 12.1 Å². The zero-order valence-electron chi connectivity index (χ0n) is 9.92. The second-order valence-corrected chi connectivity index (χ2v) is 4.89. The zero-order chi connectivity index (χ0) is 15.5. The normalized spacial score (nSPS) is 11.9. The number of hydrogen-bond acceptors (Lipinski definition) is 3. The van der Waals surface area contributed by atoms with Gasteiger partial charge in [0.05, 0.1) is 18.1 Å². The van der Waals surface area contributed by atoms with Crippen LogP contribution < -0.4 is 0 Å². The number of aromatic hydroxyl groups is 1. The van der Waals surface area contributed by atoms with Crippen molar-refractivity contribution in [3.05, 3.63) is 27.7 Å². The number of rotatable bonds is 5. The maximum atomic E-state index is 12.4. The molecular formula is C11H10Cl2F3NO3. The molecule has 0 bridgehead atoms. The zero-order valence-corrected chi connectivity index (χ0v) is 11.4. The fourth-order valence-corrected chi connectivity index (χ4v) is 2.13. The van der Waals surface area contributed by atoms with E-state index in [9.17, 15) is 23.1 Å². The summed E-state index contributed by atoms with van der Waals surface area (Å²) in [6.07, 6.45) is -4.56. The number of phenols is 1. The molecule has 20 heavy (non-hydrogen) atoms. The molecule has 0 amide bonds. The van der Waals surface area contributed by atoms with Gasteiger partial charge in [0.1, 0.15) is 5.75 Å². The molecule has 0 saturated carbocycles. The SMILES string of the molecule is O=C(O)CN(Cc1cc(Cl)cc(Cl)c1O)CC(F)(F)F. The van der Waals surface area contributed by atoms with Gasteiger partial charge >= 0.3 is 12.1 Å². The second kappa shape index (κ2) is 6.51. The summed E-state index contributed by atoms with van der Waals surface area (Å²) in [5, 5.41) is 18.3. The van der Waals surface area contributed by atoms with Crippen LogP contribution in [0.15, 0.2) is 12.1 Å². The van der Waals surface area contributed by atoms with Crippen LogP contribution in [0.2, 0.25) is 10.0 Å². The first-order valence-corrected chi connectivity index (χ1v) is 6.02. The number of alkyl halides is 3. The molecule has 0 unspecified atom stereocenters. The standard InChI is InChI=1S/C11H10Cl2F3NO3/c12-7-1-6(10(20)8(13)2-7)3-17(4-9(18)19)5-11(14,15)16/h1-2,20H,3-5H2,(H,18,19). The Bertz CT molecular complexity index is 508. The second-order valence-electron chi connectivity index (χ2n) is 4.05. The summed E-state index contributed by atoms with van der Waals surface area (Å²) in [6, 6.07) is 2.46. The Morgan fingerprint density at radius 1 is 1.30 bits per heavy atom. The predicted octanol–water partition coefficient (Wildman–Crippen LogP) is 3.15. The van der Waals surface area contributed by atoms with Crippen LogP contribution in [0.3, 0.4) is 0 Å². The van der Waals surface area contributed by atoms with Gasteiger partial charge in [0, 0.05) is 17.1 Å². The Morgan fingerprint density at radius 3 is 2.40 bits per heavy atom. The Labute approximate surface area is 122 Å². The highest BCUT2D eigenvalue weighted by Gasteiger charge is 2.32. The number of benzene rings is 1. The first-order valence-electron chi connectivity index (χ1n) is 5.26. The number of carboxylic acids is 1. The van der Waals surface area contributed by atoms with Crippen LogP contribution in [-0.2, 0) is 11.3 Å². The monoisotopic (exact) mass is 331 g/mol. The molecule has 0 fully saturated rings. The van der Waals surface area contributed by atoms with E-state index in [0.29, 0.717) is 4.90 Å². The van der Waals surface area contributed by atoms with Crippen molar-refractivity contribution in [1.82, 2.24) is 4.90 Å². The first kappa shape index (κ1) is 16.9. The minimum absolute atomic E-state index is 0.0213. The maximum absolute atomic E-state index is 12.4. The molecule has 0 spiro atoms. The summed E-state index contributed by atoms with van der Waals surface area (Å²) in [5.41, 5.74) is 0.0213. The minimum atomic E-state index is -4.56. The molecule has 0 aliphatic rings. The Kier molecular flexibility index (Phi) is 5.50. The largest absolute Gasteiger partial charge is 0.506 e. The van der Waals surface area contributed by atoms with E-state index in [4.69, 9.17) is 28.3 Å². The van der Waals surface area contributed by atoms with Gasteiger partial charge < -0.3 is 10.2 Å². The van der Waals surface area contributed by atoms with E-state index in [0.717, 1.165) is 0 Å². The third-order valence-electron chi connectivity index (χ3n) is 2.26. The average molecular weight is 332 g/mol. The minimum Gasteiger partial charge on any atom is -0.506 e. The van der Waals surface area contributed by atoms with E-state index in [1.165, 1.54) is 12.1 Å². The summed E-state index contributed by atoms with van der Waals surface area (Å²) in [7, 11) is 0. The molecule has 112 valence electrons. The van der Waals surface area contributed by atoms with Crippen LogP contribution >= 0.6 is 23.2 Å². The van der Waals surface area contributed by atoms with Crippen LogP contribution in [0.1, 0.15) is 5.56 Å². The fraction of sp³-hybridized carbons (Fsp3) is 0.364. The molecule has 0 heterocycles. The number of hydrogen-bond donors (Lipinski definition) is 2. The number of aliphatic carboxylic acids is 1. The van der Waals surface area contributed by atoms with E-state index in [1.54, 1.807) is 0 Å². The van der Waals surface area contributed by atoms with Gasteiger partial charge in [0.15, 0.2) is 0 Å². The fourth-order valence-electron chi connectivity index (χ4n) is 1.59. The lowest BCUT2D eigenvalue weighted by Crippen LogP contribution is -2.37. The molecule has 1 rings (SSSR count). The molecule has 0 atom stereocenters. The molecule has 4 nitrogen and oxygen atoms in total. The Morgan fingerprint density at radius 2 is 1.90 bits per heavy atom. The van der Waals surface area contributed by atoms with Crippen molar-refractivity contribution in [3.8, 4) is 5.75 Å². The number of carboxylic acid groups (broad SMARTS) is 1. The number of carbonyl (C=O) groups is 1. The third kappa shape index (κ3) is 5.44. The third-order valence-corrected chi connectivity index (χ3v) is 2.77. The van der Waals surface area contributed by atoms with Crippen molar-refractivity contribution in [3.63, 3.8) is 0 Å². The summed E-state index contributed by atoms with van der Waals surface area (Å²) in [4.78, 5) is 11.2. The molecule has 0 aromatic heterocycles. The highest BCUT2D eigenvalue weighted by molar-refractivity contribution is 6.35. The van der Waals surface area contributed by atoms with Crippen LogP contribution in [0.25, 0.3) is 0 Å². The first-order chi connectivity index (χ1) is 9.08. The van der Waals surface area contributed by atoms with Gasteiger partial charge in [-0.25, -0.2) is 0 Å². The summed E-state index contributed by atoms with van der Waals surface area (Å²) in [6.45, 7) is -2.70. The highest BCUT2D eigenvalue weighted by Crippen LogP contribution is 2.32. The van der Waals surface area contributed by atoms with Crippen molar-refractivity contribution in [2.45, 2.75) is 12.7 Å². The number of nitrogens with zero attached hydrogens (tertiary/aromatic N) is 1. The lowest BCUT2D eigenvalue weighted by Gasteiger charge is -2.22. The number of halogens is 5. The van der Waals surface area contributed by atoms with Gasteiger partial charge in [0.2, 0.25) is 0 Å². The summed E-state index contributed by atoms with van der Waals surface area (Å²) < 4.78 is 37.1. The van der Waals surface area contributed by atoms with Crippen LogP contribution in [0.5, 0.6) is 5.75 Å². The van der Waals surface area contributed by atoms with Crippen molar-refractivity contribution in [2.75, 3.05) is 13.1 Å². The quantitative estimate of drug-likeness (QED) is 0.870. The molecule has 0 aliphatic carbocycles. The van der Waals surface area contributed by atoms with Crippen LogP contribution in [0, 0.1) is 0 Å². The van der Waals surface area contributed by atoms with Gasteiger partial charge in [-0.2, -0.15) is 13.2 Å². The van der Waals surface area contributed by atoms with Gasteiger partial charge in [-0.15, -0.1) is 0 Å². The van der Waals surface area contributed by atoms with Crippen LogP contribution in [0.4, 0.5) is 13.2 Å². The smallest absolute Gasteiger partial charge is 0.401 e. The van der Waals surface area contributed by atoms with Gasteiger partial charge in [0.25, 0.3) is 0 Å². The molecule has 1 aromatic carbocycles. The number of phenolic OH excluding ortho intramolecular Hbond substituents is 1. The molecule has 0 saturated heterocycles. The predicted molar refractivity (Wildman–Crippen MR) is 67.1 cm³/mol. The van der Waals surface area contributed by atoms with E-state index in [1.807, 2.05) is 0 Å². The summed E-state index contributed by atoms with van der Waals surface area (Å²) >= 11 is 11.3. The highest BCUT2D eigenvalue weighted by atomic mass is 35.5. The lowest BCUT2D eigenvalue weighted by molar-refractivity contribution is -0.154. The Hall–Kier alpha value is -1.18. The molecule has 9 heteroatoms. The Balaban J connectivity index is 2.97.